The van der Waals surface area contributed by atoms with Crippen molar-refractivity contribution < 1.29 is 19.1 Å². The van der Waals surface area contributed by atoms with Crippen LogP contribution >= 0.6 is 0 Å². The van der Waals surface area contributed by atoms with Crippen molar-refractivity contribution in [2.75, 3.05) is 5.32 Å². The lowest BCUT2D eigenvalue weighted by Crippen LogP contribution is -2.56. The fourth-order valence-electron chi connectivity index (χ4n) is 2.81. The van der Waals surface area contributed by atoms with E-state index >= 15 is 0 Å². The van der Waals surface area contributed by atoms with Gasteiger partial charge >= 0.3 is 5.97 Å². The van der Waals surface area contributed by atoms with Gasteiger partial charge < -0.3 is 15.4 Å². The maximum Gasteiger partial charge on any atom is 0.340 e. The van der Waals surface area contributed by atoms with E-state index in [0.29, 0.717) is 11.3 Å². The number of carbonyl (C=O) groups excluding carboxylic acids is 3. The van der Waals surface area contributed by atoms with Gasteiger partial charge in [-0.05, 0) is 39.0 Å². The van der Waals surface area contributed by atoms with E-state index in [0.717, 1.165) is 0 Å². The van der Waals surface area contributed by atoms with Gasteiger partial charge in [0.2, 0.25) is 0 Å². The third-order valence-electron chi connectivity index (χ3n) is 3.94. The molecule has 0 saturated heterocycles. The number of fused-ring (bicyclic) bond motifs is 1. The molecule has 26 heavy (non-hydrogen) atoms. The first-order valence-electron chi connectivity index (χ1n) is 8.26. The standard InChI is InChI=1S/C20H20N2O4/c1-19(2,3)22-18(25)20(26-16(23)13-9-5-4-6-10-13)14-11-7-8-12-15(14)21-17(20)24/h4-12H,1-3H3,(H,21,24)(H,22,25). The SMILES string of the molecule is CC(C)(C)NC(=O)C1(OC(=O)c2ccccc2)C(=O)Nc2ccccc21. The predicted molar refractivity (Wildman–Crippen MR) is 96.5 cm³/mol. The number of amides is 2. The zero-order valence-electron chi connectivity index (χ0n) is 14.8. The van der Waals surface area contributed by atoms with Gasteiger partial charge in [0, 0.05) is 16.8 Å². The summed E-state index contributed by atoms with van der Waals surface area (Å²) in [6, 6.07) is 14.9. The highest BCUT2D eigenvalue weighted by Crippen LogP contribution is 2.40. The van der Waals surface area contributed by atoms with Crippen LogP contribution in [-0.2, 0) is 19.9 Å². The topological polar surface area (TPSA) is 84.5 Å². The van der Waals surface area contributed by atoms with E-state index in [2.05, 4.69) is 10.6 Å². The highest BCUT2D eigenvalue weighted by atomic mass is 16.6. The Hall–Kier alpha value is -3.15. The Morgan fingerprint density at radius 2 is 1.62 bits per heavy atom. The second-order valence-electron chi connectivity index (χ2n) is 7.14. The minimum atomic E-state index is -2.07. The van der Waals surface area contributed by atoms with Crippen molar-refractivity contribution in [2.45, 2.75) is 31.9 Å². The summed E-state index contributed by atoms with van der Waals surface area (Å²) >= 11 is 0. The number of rotatable bonds is 3. The quantitative estimate of drug-likeness (QED) is 0.657. The average molecular weight is 352 g/mol. The lowest BCUT2D eigenvalue weighted by Gasteiger charge is -2.30. The number of ether oxygens (including phenoxy) is 1. The van der Waals surface area contributed by atoms with Gasteiger partial charge in [-0.15, -0.1) is 0 Å². The summed E-state index contributed by atoms with van der Waals surface area (Å²) in [5, 5.41) is 5.39. The third kappa shape index (κ3) is 3.06. The molecule has 0 fully saturated rings. The van der Waals surface area contributed by atoms with Crippen molar-refractivity contribution in [3.63, 3.8) is 0 Å². The van der Waals surface area contributed by atoms with Gasteiger partial charge in [-0.25, -0.2) is 4.79 Å². The van der Waals surface area contributed by atoms with Crippen LogP contribution in [0.15, 0.2) is 54.6 Å². The van der Waals surface area contributed by atoms with Crippen LogP contribution in [0.3, 0.4) is 0 Å². The van der Waals surface area contributed by atoms with Crippen LogP contribution in [0.4, 0.5) is 5.69 Å². The highest BCUT2D eigenvalue weighted by molar-refractivity contribution is 6.20. The summed E-state index contributed by atoms with van der Waals surface area (Å²) < 4.78 is 5.57. The molecule has 2 N–H and O–H groups in total. The molecule has 1 atom stereocenters. The van der Waals surface area contributed by atoms with Crippen molar-refractivity contribution >= 4 is 23.5 Å². The largest absolute Gasteiger partial charge is 0.430 e. The zero-order valence-corrected chi connectivity index (χ0v) is 14.8. The van der Waals surface area contributed by atoms with Crippen molar-refractivity contribution in [2.24, 2.45) is 0 Å². The lowest BCUT2D eigenvalue weighted by molar-refractivity contribution is -0.152. The van der Waals surface area contributed by atoms with Crippen molar-refractivity contribution in [3.05, 3.63) is 65.7 Å². The molecule has 6 heteroatoms. The summed E-state index contributed by atoms with van der Waals surface area (Å²) in [5.74, 6) is -2.12. The third-order valence-corrected chi connectivity index (χ3v) is 3.94. The molecule has 1 unspecified atom stereocenters. The molecule has 1 aliphatic rings. The minimum absolute atomic E-state index is 0.257. The molecule has 0 aliphatic carbocycles. The van der Waals surface area contributed by atoms with Gasteiger partial charge in [0.25, 0.3) is 17.4 Å². The number of hydrogen-bond donors (Lipinski definition) is 2. The van der Waals surface area contributed by atoms with E-state index in [1.54, 1.807) is 75.4 Å². The zero-order chi connectivity index (χ0) is 18.9. The average Bonchev–Trinajstić information content (AvgIpc) is 2.87. The van der Waals surface area contributed by atoms with Crippen LogP contribution in [0.2, 0.25) is 0 Å². The summed E-state index contributed by atoms with van der Waals surface area (Å²) in [6.07, 6.45) is 0. The Balaban J connectivity index is 2.07. The molecule has 2 amide bonds. The number of nitrogens with one attached hydrogen (secondary N) is 2. The van der Waals surface area contributed by atoms with Crippen molar-refractivity contribution in [1.29, 1.82) is 0 Å². The Labute approximate surface area is 151 Å². The maximum absolute atomic E-state index is 13.1. The van der Waals surface area contributed by atoms with E-state index in [9.17, 15) is 14.4 Å². The molecule has 1 heterocycles. The molecular formula is C20H20N2O4. The molecular weight excluding hydrogens is 332 g/mol. The van der Waals surface area contributed by atoms with Gasteiger partial charge in [-0.3, -0.25) is 9.59 Å². The first kappa shape index (κ1) is 17.7. The van der Waals surface area contributed by atoms with E-state index in [4.69, 9.17) is 4.74 Å². The number of esters is 1. The maximum atomic E-state index is 13.1. The molecule has 0 spiro atoms. The molecule has 0 bridgehead atoms. The smallest absolute Gasteiger partial charge is 0.340 e. The van der Waals surface area contributed by atoms with E-state index in [1.165, 1.54) is 0 Å². The number of hydrogen-bond acceptors (Lipinski definition) is 4. The van der Waals surface area contributed by atoms with Gasteiger partial charge in [0.05, 0.1) is 5.56 Å². The number of para-hydroxylation sites is 1. The molecule has 2 aromatic carbocycles. The minimum Gasteiger partial charge on any atom is -0.430 e. The Morgan fingerprint density at radius 3 is 2.27 bits per heavy atom. The van der Waals surface area contributed by atoms with Crippen LogP contribution in [0, 0.1) is 0 Å². The van der Waals surface area contributed by atoms with Crippen molar-refractivity contribution in [3.8, 4) is 0 Å². The second-order valence-corrected chi connectivity index (χ2v) is 7.14. The summed E-state index contributed by atoms with van der Waals surface area (Å²) in [6.45, 7) is 5.36. The summed E-state index contributed by atoms with van der Waals surface area (Å²) in [4.78, 5) is 38.5. The van der Waals surface area contributed by atoms with E-state index in [1.807, 2.05) is 0 Å². The Kier molecular flexibility index (Phi) is 4.28. The van der Waals surface area contributed by atoms with Crippen LogP contribution in [-0.4, -0.2) is 23.3 Å². The first-order chi connectivity index (χ1) is 12.2. The molecule has 1 aliphatic heterocycles. The van der Waals surface area contributed by atoms with Gasteiger partial charge in [0.1, 0.15) is 0 Å². The molecule has 2 aromatic rings. The Bertz CT molecular complexity index is 871. The molecule has 134 valence electrons. The molecule has 6 nitrogen and oxygen atoms in total. The number of anilines is 1. The van der Waals surface area contributed by atoms with Gasteiger partial charge in [0.15, 0.2) is 0 Å². The second kappa shape index (κ2) is 6.29. The highest BCUT2D eigenvalue weighted by Gasteiger charge is 2.57. The molecule has 3 rings (SSSR count). The van der Waals surface area contributed by atoms with Crippen LogP contribution < -0.4 is 10.6 Å². The lowest BCUT2D eigenvalue weighted by atomic mass is 9.92. The van der Waals surface area contributed by atoms with E-state index < -0.39 is 28.9 Å². The molecule has 0 aromatic heterocycles. The predicted octanol–water partition coefficient (Wildman–Crippen LogP) is 2.61. The van der Waals surface area contributed by atoms with Crippen LogP contribution in [0.25, 0.3) is 0 Å². The molecule has 0 saturated carbocycles. The summed E-state index contributed by atoms with van der Waals surface area (Å²) in [5.41, 5.74) is -1.66. The van der Waals surface area contributed by atoms with Gasteiger partial charge in [-0.2, -0.15) is 0 Å². The number of benzene rings is 2. The Morgan fingerprint density at radius 1 is 1.00 bits per heavy atom. The van der Waals surface area contributed by atoms with E-state index in [-0.39, 0.29) is 5.56 Å². The normalized spacial score (nSPS) is 18.7. The molecule has 0 radical (unpaired) electrons. The van der Waals surface area contributed by atoms with Crippen LogP contribution in [0.1, 0.15) is 36.7 Å². The fourth-order valence-corrected chi connectivity index (χ4v) is 2.81. The monoisotopic (exact) mass is 352 g/mol. The van der Waals surface area contributed by atoms with Crippen LogP contribution in [0.5, 0.6) is 0 Å². The van der Waals surface area contributed by atoms with Gasteiger partial charge in [-0.1, -0.05) is 36.4 Å². The first-order valence-corrected chi connectivity index (χ1v) is 8.26. The fraction of sp³-hybridized carbons (Fsp3) is 0.250. The van der Waals surface area contributed by atoms with Crippen molar-refractivity contribution in [1.82, 2.24) is 5.32 Å². The summed E-state index contributed by atoms with van der Waals surface area (Å²) in [7, 11) is 0. The number of carbonyl (C=O) groups is 3.